The molecule has 1 aromatic rings. The van der Waals surface area contributed by atoms with Crippen LogP contribution in [-0.4, -0.2) is 11.5 Å². The number of hydrogen-bond donors (Lipinski definition) is 1. The molecule has 1 rings (SSSR count). The van der Waals surface area contributed by atoms with Crippen LogP contribution >= 0.6 is 0 Å². The van der Waals surface area contributed by atoms with Crippen molar-refractivity contribution < 1.29 is 9.31 Å². The van der Waals surface area contributed by atoms with Crippen molar-refractivity contribution in [2.45, 2.75) is 12.8 Å². The van der Waals surface area contributed by atoms with Gasteiger partial charge in [-0.2, -0.15) is 0 Å². The highest BCUT2D eigenvalue weighted by atomic mass is 19.1. The molecule has 76 valence electrons. The molecule has 0 aliphatic carbocycles. The average Bonchev–Trinajstić information content (AvgIpc) is 2.16. The first-order valence-corrected chi connectivity index (χ1v) is 4.20. The summed E-state index contributed by atoms with van der Waals surface area (Å²) in [7, 11) is 0. The Morgan fingerprint density at radius 2 is 2.29 bits per heavy atom. The van der Waals surface area contributed by atoms with Crippen LogP contribution in [0.5, 0.6) is 0 Å². The molecule has 0 aliphatic rings. The summed E-state index contributed by atoms with van der Waals surface area (Å²) in [6, 6.07) is 3.80. The van der Waals surface area contributed by atoms with Gasteiger partial charge in [0.2, 0.25) is 0 Å². The van der Waals surface area contributed by atoms with E-state index < -0.39 is 10.7 Å². The molecule has 5 heteroatoms. The van der Waals surface area contributed by atoms with Crippen LogP contribution in [0.2, 0.25) is 0 Å². The second-order valence-electron chi connectivity index (χ2n) is 3.07. The Balaban J connectivity index is 3.29. The molecule has 2 N–H and O–H groups in total. The molecule has 1 unspecified atom stereocenters. The first-order chi connectivity index (χ1) is 6.57. The lowest BCUT2D eigenvalue weighted by molar-refractivity contribution is -0.385. The van der Waals surface area contributed by atoms with Crippen molar-refractivity contribution in [1.29, 1.82) is 0 Å². The van der Waals surface area contributed by atoms with Gasteiger partial charge in [0, 0.05) is 12.0 Å². The van der Waals surface area contributed by atoms with Crippen LogP contribution in [0.4, 0.5) is 10.1 Å². The molecule has 0 heterocycles. The van der Waals surface area contributed by atoms with Gasteiger partial charge in [-0.15, -0.1) is 0 Å². The number of nitro benzene ring substituents is 1. The number of nitro groups is 1. The lowest BCUT2D eigenvalue weighted by atomic mass is 9.99. The van der Waals surface area contributed by atoms with E-state index in [1.165, 1.54) is 18.2 Å². The fourth-order valence-corrected chi connectivity index (χ4v) is 1.29. The van der Waals surface area contributed by atoms with E-state index in [9.17, 15) is 14.5 Å². The number of nitrogens with zero attached hydrogens (tertiary/aromatic N) is 1. The number of halogens is 1. The van der Waals surface area contributed by atoms with E-state index in [4.69, 9.17) is 5.73 Å². The van der Waals surface area contributed by atoms with Crippen molar-refractivity contribution >= 4 is 5.69 Å². The molecule has 4 nitrogen and oxygen atoms in total. The van der Waals surface area contributed by atoms with Gasteiger partial charge in [-0.25, -0.2) is 4.39 Å². The summed E-state index contributed by atoms with van der Waals surface area (Å²) in [5, 5.41) is 10.6. The average molecular weight is 198 g/mol. The summed E-state index contributed by atoms with van der Waals surface area (Å²) in [6.45, 7) is 1.84. The highest BCUT2D eigenvalue weighted by Gasteiger charge is 2.21. The first kappa shape index (κ1) is 10.6. The molecule has 0 spiro atoms. The predicted molar refractivity (Wildman–Crippen MR) is 50.5 cm³/mol. The van der Waals surface area contributed by atoms with Crippen molar-refractivity contribution in [3.8, 4) is 0 Å². The minimum atomic E-state index is -0.593. The minimum absolute atomic E-state index is 0.0833. The SMILES string of the molecule is CC(CN)c1c(F)cccc1[N+](=O)[O-]. The highest BCUT2D eigenvalue weighted by molar-refractivity contribution is 5.43. The predicted octanol–water partition coefficient (Wildman–Crippen LogP) is 1.80. The van der Waals surface area contributed by atoms with Crippen molar-refractivity contribution in [2.75, 3.05) is 6.54 Å². The smallest absolute Gasteiger partial charge is 0.275 e. The van der Waals surface area contributed by atoms with Gasteiger partial charge in [0.25, 0.3) is 5.69 Å². The van der Waals surface area contributed by atoms with E-state index in [0.29, 0.717) is 0 Å². The molecule has 0 radical (unpaired) electrons. The lowest BCUT2D eigenvalue weighted by Crippen LogP contribution is -2.12. The molecule has 0 aromatic heterocycles. The van der Waals surface area contributed by atoms with Crippen LogP contribution in [0.1, 0.15) is 18.4 Å². The fraction of sp³-hybridized carbons (Fsp3) is 0.333. The standard InChI is InChI=1S/C9H11FN2O2/c1-6(5-11)9-7(10)3-2-4-8(9)12(13)14/h2-4,6H,5,11H2,1H3. The number of hydrogen-bond acceptors (Lipinski definition) is 3. The zero-order chi connectivity index (χ0) is 10.7. The summed E-state index contributed by atoms with van der Waals surface area (Å²) in [4.78, 5) is 10.00. The Morgan fingerprint density at radius 1 is 1.64 bits per heavy atom. The van der Waals surface area contributed by atoms with Crippen molar-refractivity contribution in [2.24, 2.45) is 5.73 Å². The maximum Gasteiger partial charge on any atom is 0.275 e. The summed E-state index contributed by atoms with van der Waals surface area (Å²) >= 11 is 0. The molecule has 0 saturated carbocycles. The van der Waals surface area contributed by atoms with E-state index in [1.807, 2.05) is 0 Å². The Hall–Kier alpha value is -1.49. The molecular formula is C9H11FN2O2. The molecular weight excluding hydrogens is 187 g/mol. The number of benzene rings is 1. The third kappa shape index (κ3) is 1.88. The van der Waals surface area contributed by atoms with E-state index in [0.717, 1.165) is 0 Å². The van der Waals surface area contributed by atoms with Crippen LogP contribution < -0.4 is 5.73 Å². The molecule has 0 fully saturated rings. The van der Waals surface area contributed by atoms with E-state index in [-0.39, 0.29) is 23.7 Å². The second kappa shape index (κ2) is 4.15. The Kier molecular flexibility index (Phi) is 3.14. The highest BCUT2D eigenvalue weighted by Crippen LogP contribution is 2.28. The van der Waals surface area contributed by atoms with Crippen molar-refractivity contribution in [3.63, 3.8) is 0 Å². The molecule has 14 heavy (non-hydrogen) atoms. The molecule has 1 atom stereocenters. The molecule has 0 aliphatic heterocycles. The number of rotatable bonds is 3. The van der Waals surface area contributed by atoms with Gasteiger partial charge in [-0.05, 0) is 12.6 Å². The first-order valence-electron chi connectivity index (χ1n) is 4.20. The quantitative estimate of drug-likeness (QED) is 0.594. The van der Waals surface area contributed by atoms with Crippen LogP contribution in [-0.2, 0) is 0 Å². The van der Waals surface area contributed by atoms with Crippen LogP contribution in [0, 0.1) is 15.9 Å². The molecule has 0 amide bonds. The van der Waals surface area contributed by atoms with Crippen LogP contribution in [0.3, 0.4) is 0 Å². The third-order valence-corrected chi connectivity index (χ3v) is 2.07. The minimum Gasteiger partial charge on any atom is -0.330 e. The monoisotopic (exact) mass is 198 g/mol. The van der Waals surface area contributed by atoms with Gasteiger partial charge in [0.1, 0.15) is 5.82 Å². The van der Waals surface area contributed by atoms with Crippen LogP contribution in [0.25, 0.3) is 0 Å². The Bertz CT molecular complexity index is 355. The Morgan fingerprint density at radius 3 is 2.79 bits per heavy atom. The molecule has 0 bridgehead atoms. The van der Waals surface area contributed by atoms with E-state index >= 15 is 0 Å². The van der Waals surface area contributed by atoms with Gasteiger partial charge in [-0.1, -0.05) is 13.0 Å². The van der Waals surface area contributed by atoms with Crippen molar-refractivity contribution in [1.82, 2.24) is 0 Å². The zero-order valence-corrected chi connectivity index (χ0v) is 7.74. The van der Waals surface area contributed by atoms with Gasteiger partial charge in [-0.3, -0.25) is 10.1 Å². The second-order valence-corrected chi connectivity index (χ2v) is 3.07. The largest absolute Gasteiger partial charge is 0.330 e. The van der Waals surface area contributed by atoms with E-state index in [2.05, 4.69) is 0 Å². The van der Waals surface area contributed by atoms with Crippen LogP contribution in [0.15, 0.2) is 18.2 Å². The van der Waals surface area contributed by atoms with Gasteiger partial charge in [0.05, 0.1) is 10.5 Å². The fourth-order valence-electron chi connectivity index (χ4n) is 1.29. The topological polar surface area (TPSA) is 69.2 Å². The maximum atomic E-state index is 13.3. The summed E-state index contributed by atoms with van der Waals surface area (Å²) in [5.41, 5.74) is 5.23. The summed E-state index contributed by atoms with van der Waals surface area (Å²) < 4.78 is 13.3. The van der Waals surface area contributed by atoms with E-state index in [1.54, 1.807) is 6.92 Å². The van der Waals surface area contributed by atoms with Gasteiger partial charge >= 0.3 is 0 Å². The Labute approximate surface area is 80.7 Å². The summed E-state index contributed by atoms with van der Waals surface area (Å²) in [5.74, 6) is -0.922. The molecule has 1 aromatic carbocycles. The number of nitrogens with two attached hydrogens (primary N) is 1. The summed E-state index contributed by atoms with van der Waals surface area (Å²) in [6.07, 6.45) is 0. The lowest BCUT2D eigenvalue weighted by Gasteiger charge is -2.09. The van der Waals surface area contributed by atoms with Crippen molar-refractivity contribution in [3.05, 3.63) is 39.7 Å². The van der Waals surface area contributed by atoms with Gasteiger partial charge in [0.15, 0.2) is 0 Å². The normalized spacial score (nSPS) is 12.5. The molecule has 0 saturated heterocycles. The third-order valence-electron chi connectivity index (χ3n) is 2.07. The maximum absolute atomic E-state index is 13.3. The van der Waals surface area contributed by atoms with Gasteiger partial charge < -0.3 is 5.73 Å². The zero-order valence-electron chi connectivity index (χ0n) is 7.74.